The molecule has 1 amide bonds. The number of carbonyl (C=O) groups is 1. The molecule has 4 nitrogen and oxygen atoms in total. The first-order chi connectivity index (χ1) is 15.6. The SMILES string of the molecule is O=C1NC(=Nc2cccc(F)c2)SC1=Cc1ccc(-c2ccc(-n3cccc3)cc2)cc1. The van der Waals surface area contributed by atoms with Gasteiger partial charge in [0.15, 0.2) is 5.17 Å². The Labute approximate surface area is 189 Å². The molecule has 0 spiro atoms. The van der Waals surface area contributed by atoms with Crippen molar-refractivity contribution in [1.29, 1.82) is 0 Å². The Morgan fingerprint density at radius 3 is 2.25 bits per heavy atom. The summed E-state index contributed by atoms with van der Waals surface area (Å²) in [5, 5.41) is 3.16. The lowest BCUT2D eigenvalue weighted by atomic mass is 10.0. The first-order valence-electron chi connectivity index (χ1n) is 10.0. The third-order valence-electron chi connectivity index (χ3n) is 5.00. The van der Waals surface area contributed by atoms with Crippen LogP contribution in [0.25, 0.3) is 22.9 Å². The molecular weight excluding hydrogens is 421 g/mol. The number of hydrogen-bond donors (Lipinski definition) is 1. The topological polar surface area (TPSA) is 46.4 Å². The van der Waals surface area contributed by atoms with E-state index in [1.165, 1.54) is 23.9 Å². The Morgan fingerprint density at radius 1 is 0.875 bits per heavy atom. The number of aliphatic imine (C=N–C) groups is 1. The zero-order valence-electron chi connectivity index (χ0n) is 16.9. The number of aromatic nitrogens is 1. The molecule has 1 aliphatic rings. The van der Waals surface area contributed by atoms with Gasteiger partial charge in [0.25, 0.3) is 5.91 Å². The Morgan fingerprint density at radius 2 is 1.56 bits per heavy atom. The summed E-state index contributed by atoms with van der Waals surface area (Å²) in [5.74, 6) is -0.578. The highest BCUT2D eigenvalue weighted by Crippen LogP contribution is 2.29. The standard InChI is InChI=1S/C26H18FN3OS/c27-21-4-3-5-22(17-21)28-26-29-25(31)24(32-26)16-18-6-8-19(9-7-18)20-10-12-23(13-11-20)30-14-1-2-15-30/h1-17H,(H,28,29,31). The van der Waals surface area contributed by atoms with Crippen molar-refractivity contribution in [1.82, 2.24) is 9.88 Å². The monoisotopic (exact) mass is 439 g/mol. The third-order valence-corrected chi connectivity index (χ3v) is 5.91. The number of amidine groups is 1. The minimum atomic E-state index is -0.364. The molecule has 3 aromatic carbocycles. The van der Waals surface area contributed by atoms with Gasteiger partial charge in [-0.1, -0.05) is 42.5 Å². The van der Waals surface area contributed by atoms with E-state index in [-0.39, 0.29) is 11.7 Å². The number of hydrogen-bond acceptors (Lipinski definition) is 3. The first kappa shape index (κ1) is 20.0. The van der Waals surface area contributed by atoms with Crippen LogP contribution in [0.2, 0.25) is 0 Å². The lowest BCUT2D eigenvalue weighted by Gasteiger charge is -2.06. The van der Waals surface area contributed by atoms with Gasteiger partial charge in [-0.05, 0) is 77.0 Å². The molecule has 1 N–H and O–H groups in total. The minimum absolute atomic E-state index is 0.213. The average molecular weight is 440 g/mol. The minimum Gasteiger partial charge on any atom is -0.324 e. The van der Waals surface area contributed by atoms with E-state index in [4.69, 9.17) is 0 Å². The predicted molar refractivity (Wildman–Crippen MR) is 128 cm³/mol. The van der Waals surface area contributed by atoms with Crippen LogP contribution in [-0.2, 0) is 4.79 Å². The zero-order valence-corrected chi connectivity index (χ0v) is 17.7. The molecular formula is C26H18FN3OS. The van der Waals surface area contributed by atoms with E-state index in [9.17, 15) is 9.18 Å². The van der Waals surface area contributed by atoms with E-state index in [0.717, 1.165) is 22.4 Å². The van der Waals surface area contributed by atoms with Crippen LogP contribution in [0.1, 0.15) is 5.56 Å². The van der Waals surface area contributed by atoms with Crippen molar-refractivity contribution in [2.75, 3.05) is 0 Å². The van der Waals surface area contributed by atoms with Crippen molar-refractivity contribution >= 4 is 34.6 Å². The van der Waals surface area contributed by atoms with Crippen LogP contribution in [0.4, 0.5) is 10.1 Å². The van der Waals surface area contributed by atoms with E-state index in [0.29, 0.717) is 15.8 Å². The summed E-state index contributed by atoms with van der Waals surface area (Å²) in [6.45, 7) is 0. The molecule has 32 heavy (non-hydrogen) atoms. The maximum atomic E-state index is 13.3. The van der Waals surface area contributed by atoms with Gasteiger partial charge in [-0.2, -0.15) is 0 Å². The summed E-state index contributed by atoms with van der Waals surface area (Å²) < 4.78 is 15.4. The Balaban J connectivity index is 1.31. The quantitative estimate of drug-likeness (QED) is 0.386. The highest BCUT2D eigenvalue weighted by Gasteiger charge is 2.23. The Hall–Kier alpha value is -3.90. The highest BCUT2D eigenvalue weighted by atomic mass is 32.2. The third kappa shape index (κ3) is 4.40. The second-order valence-corrected chi connectivity index (χ2v) is 8.25. The molecule has 2 heterocycles. The summed E-state index contributed by atoms with van der Waals surface area (Å²) in [5.41, 5.74) is 4.71. The number of nitrogens with one attached hydrogen (secondary N) is 1. The number of benzene rings is 3. The zero-order chi connectivity index (χ0) is 21.9. The van der Waals surface area contributed by atoms with Gasteiger partial charge in [0, 0.05) is 18.1 Å². The molecule has 1 fully saturated rings. The van der Waals surface area contributed by atoms with Gasteiger partial charge in [-0.15, -0.1) is 0 Å². The summed E-state index contributed by atoms with van der Waals surface area (Å²) in [6, 6.07) is 26.4. The largest absolute Gasteiger partial charge is 0.324 e. The van der Waals surface area contributed by atoms with Crippen LogP contribution < -0.4 is 5.32 Å². The molecule has 5 rings (SSSR count). The number of nitrogens with zero attached hydrogens (tertiary/aromatic N) is 2. The van der Waals surface area contributed by atoms with E-state index in [1.807, 2.05) is 54.9 Å². The van der Waals surface area contributed by atoms with Gasteiger partial charge in [0.1, 0.15) is 5.82 Å². The smallest absolute Gasteiger partial charge is 0.264 e. The van der Waals surface area contributed by atoms with Crippen LogP contribution in [0.3, 0.4) is 0 Å². The van der Waals surface area contributed by atoms with Crippen molar-refractivity contribution in [3.63, 3.8) is 0 Å². The molecule has 1 aromatic heterocycles. The molecule has 6 heteroatoms. The fourth-order valence-electron chi connectivity index (χ4n) is 3.40. The molecule has 0 aliphatic carbocycles. The summed E-state index contributed by atoms with van der Waals surface area (Å²) in [6.07, 6.45) is 5.86. The van der Waals surface area contributed by atoms with E-state index >= 15 is 0 Å². The molecule has 1 aliphatic heterocycles. The van der Waals surface area contributed by atoms with E-state index in [1.54, 1.807) is 12.1 Å². The van der Waals surface area contributed by atoms with Crippen molar-refractivity contribution in [3.05, 3.63) is 114 Å². The predicted octanol–water partition coefficient (Wildman–Crippen LogP) is 6.18. The summed E-state index contributed by atoms with van der Waals surface area (Å²) >= 11 is 1.24. The van der Waals surface area contributed by atoms with Crippen molar-refractivity contribution in [2.24, 2.45) is 4.99 Å². The van der Waals surface area contributed by atoms with Gasteiger partial charge in [-0.3, -0.25) is 4.79 Å². The fourth-order valence-corrected chi connectivity index (χ4v) is 4.24. The second kappa shape index (κ2) is 8.69. The van der Waals surface area contributed by atoms with Gasteiger partial charge >= 0.3 is 0 Å². The van der Waals surface area contributed by atoms with Gasteiger partial charge in [-0.25, -0.2) is 9.38 Å². The molecule has 0 saturated carbocycles. The molecule has 0 atom stereocenters. The molecule has 156 valence electrons. The van der Waals surface area contributed by atoms with Crippen molar-refractivity contribution < 1.29 is 9.18 Å². The Bertz CT molecular complexity index is 1320. The van der Waals surface area contributed by atoms with E-state index in [2.05, 4.69) is 39.1 Å². The molecule has 1 saturated heterocycles. The number of amides is 1. The molecule has 0 bridgehead atoms. The lowest BCUT2D eigenvalue weighted by molar-refractivity contribution is -0.115. The lowest BCUT2D eigenvalue weighted by Crippen LogP contribution is -2.19. The molecule has 0 unspecified atom stereocenters. The fraction of sp³-hybridized carbons (Fsp3) is 0. The van der Waals surface area contributed by atoms with Crippen LogP contribution in [0.15, 0.2) is 107 Å². The Kier molecular flexibility index (Phi) is 5.44. The van der Waals surface area contributed by atoms with Gasteiger partial charge < -0.3 is 9.88 Å². The number of rotatable bonds is 4. The summed E-state index contributed by atoms with van der Waals surface area (Å²) in [7, 11) is 0. The molecule has 0 radical (unpaired) electrons. The van der Waals surface area contributed by atoms with Gasteiger partial charge in [0.05, 0.1) is 10.6 Å². The van der Waals surface area contributed by atoms with Crippen molar-refractivity contribution in [3.8, 4) is 16.8 Å². The summed E-state index contributed by atoms with van der Waals surface area (Å²) in [4.78, 5) is 17.2. The van der Waals surface area contributed by atoms with Crippen LogP contribution >= 0.6 is 11.8 Å². The second-order valence-electron chi connectivity index (χ2n) is 7.22. The van der Waals surface area contributed by atoms with Crippen LogP contribution in [-0.4, -0.2) is 15.6 Å². The normalized spacial score (nSPS) is 16.0. The number of carbonyl (C=O) groups excluding carboxylic acids is 1. The number of thioether (sulfide) groups is 1. The highest BCUT2D eigenvalue weighted by molar-refractivity contribution is 8.18. The first-order valence-corrected chi connectivity index (χ1v) is 10.8. The van der Waals surface area contributed by atoms with Crippen molar-refractivity contribution in [2.45, 2.75) is 0 Å². The maximum Gasteiger partial charge on any atom is 0.264 e. The molecule has 4 aromatic rings. The number of halogens is 1. The van der Waals surface area contributed by atoms with E-state index < -0.39 is 0 Å². The maximum absolute atomic E-state index is 13.3. The average Bonchev–Trinajstić information content (AvgIpc) is 3.45. The van der Waals surface area contributed by atoms with Crippen LogP contribution in [0.5, 0.6) is 0 Å². The van der Waals surface area contributed by atoms with Gasteiger partial charge in [0.2, 0.25) is 0 Å². The van der Waals surface area contributed by atoms with Crippen LogP contribution in [0, 0.1) is 5.82 Å².